The smallest absolute Gasteiger partial charge is 0.264 e. The zero-order valence-corrected chi connectivity index (χ0v) is 19.7. The highest BCUT2D eigenvalue weighted by Crippen LogP contribution is 2.48. The van der Waals surface area contributed by atoms with Gasteiger partial charge in [-0.2, -0.15) is 0 Å². The lowest BCUT2D eigenvalue weighted by Gasteiger charge is -2.32. The first-order valence-electron chi connectivity index (χ1n) is 11.5. The van der Waals surface area contributed by atoms with Crippen molar-refractivity contribution in [3.8, 4) is 11.1 Å². The van der Waals surface area contributed by atoms with Crippen molar-refractivity contribution in [3.63, 3.8) is 0 Å². The van der Waals surface area contributed by atoms with Gasteiger partial charge in [-0.1, -0.05) is 41.9 Å². The van der Waals surface area contributed by atoms with Crippen LogP contribution in [0.5, 0.6) is 0 Å². The van der Waals surface area contributed by atoms with Gasteiger partial charge in [0.25, 0.3) is 5.91 Å². The Hall–Kier alpha value is -3.46. The molecule has 180 valence electrons. The molecule has 1 aliphatic heterocycles. The molecule has 8 nitrogen and oxygen atoms in total. The second-order valence-corrected chi connectivity index (χ2v) is 9.34. The van der Waals surface area contributed by atoms with Gasteiger partial charge in [-0.3, -0.25) is 14.8 Å². The van der Waals surface area contributed by atoms with Crippen LogP contribution < -0.4 is 15.8 Å². The molecule has 5 N–H and O–H groups in total. The van der Waals surface area contributed by atoms with Gasteiger partial charge in [0.05, 0.1) is 5.56 Å². The molecular formula is C26H26ClN4O4+. The van der Waals surface area contributed by atoms with Crippen molar-refractivity contribution >= 4 is 23.4 Å². The molecule has 0 spiro atoms. The van der Waals surface area contributed by atoms with Crippen molar-refractivity contribution in [2.45, 2.75) is 37.6 Å². The molecule has 2 amide bonds. The maximum atomic E-state index is 13.9. The number of aliphatic hydroxyl groups is 1. The fraction of sp³-hybridized carbons (Fsp3) is 0.269. The summed E-state index contributed by atoms with van der Waals surface area (Å²) in [4.78, 5) is 28.6. The average Bonchev–Trinajstić information content (AvgIpc) is 3.45. The van der Waals surface area contributed by atoms with E-state index >= 15 is 0 Å². The number of amides is 2. The van der Waals surface area contributed by atoms with Gasteiger partial charge < -0.3 is 21.1 Å². The van der Waals surface area contributed by atoms with Gasteiger partial charge >= 0.3 is 0 Å². The van der Waals surface area contributed by atoms with Gasteiger partial charge in [0.2, 0.25) is 18.3 Å². The second-order valence-electron chi connectivity index (χ2n) is 8.90. The first-order chi connectivity index (χ1) is 16.8. The second kappa shape index (κ2) is 8.96. The van der Waals surface area contributed by atoms with Crippen molar-refractivity contribution in [1.29, 1.82) is 0 Å². The van der Waals surface area contributed by atoms with E-state index in [2.05, 4.69) is 5.32 Å². The number of benzene rings is 2. The van der Waals surface area contributed by atoms with E-state index in [0.29, 0.717) is 53.2 Å². The summed E-state index contributed by atoms with van der Waals surface area (Å²) in [5, 5.41) is 25.3. The van der Waals surface area contributed by atoms with Gasteiger partial charge in [-0.15, -0.1) is 0 Å². The van der Waals surface area contributed by atoms with Crippen LogP contribution in [0.15, 0.2) is 60.9 Å². The van der Waals surface area contributed by atoms with Gasteiger partial charge in [0.15, 0.2) is 5.60 Å². The highest BCUT2D eigenvalue weighted by atomic mass is 35.5. The molecule has 35 heavy (non-hydrogen) atoms. The van der Waals surface area contributed by atoms with Crippen LogP contribution in [0.1, 0.15) is 35.1 Å². The number of nitrogens with one attached hydrogen (secondary N) is 1. The number of nitrogens with two attached hydrogens (primary N) is 1. The van der Waals surface area contributed by atoms with Crippen LogP contribution in [0.2, 0.25) is 5.02 Å². The predicted octanol–water partition coefficient (Wildman–Crippen LogP) is 1.85. The summed E-state index contributed by atoms with van der Waals surface area (Å²) < 4.78 is 0.892. The molecule has 9 heteroatoms. The van der Waals surface area contributed by atoms with Gasteiger partial charge in [-0.05, 0) is 41.7 Å². The van der Waals surface area contributed by atoms with E-state index in [4.69, 9.17) is 17.3 Å². The maximum Gasteiger partial charge on any atom is 0.264 e. The first kappa shape index (κ1) is 23.3. The number of nitrogens with zero attached hydrogens (tertiary/aromatic N) is 2. The van der Waals surface area contributed by atoms with Crippen LogP contribution in [-0.2, 0) is 28.3 Å². The molecule has 2 aliphatic rings. The first-order valence-corrected chi connectivity index (χ1v) is 11.9. The van der Waals surface area contributed by atoms with Crippen LogP contribution in [-0.4, -0.2) is 39.6 Å². The summed E-state index contributed by atoms with van der Waals surface area (Å²) >= 11 is 6.11. The van der Waals surface area contributed by atoms with Crippen molar-refractivity contribution in [3.05, 3.63) is 88.2 Å². The number of carbonyl (C=O) groups is 2. The van der Waals surface area contributed by atoms with E-state index in [1.54, 1.807) is 30.3 Å². The van der Waals surface area contributed by atoms with Crippen LogP contribution >= 0.6 is 11.6 Å². The zero-order valence-electron chi connectivity index (χ0n) is 18.9. The SMILES string of the molecule is NCc1ccc(Cl)cc1CNC(=O)C1CCCN1C(=O)C1(O)c2ccccc2-c2c[n+](O)ccc21. The summed E-state index contributed by atoms with van der Waals surface area (Å²) in [7, 11) is 0. The van der Waals surface area contributed by atoms with Crippen LogP contribution in [0.4, 0.5) is 0 Å². The van der Waals surface area contributed by atoms with E-state index in [1.807, 2.05) is 12.1 Å². The molecule has 0 saturated carbocycles. The number of carbonyl (C=O) groups excluding carboxylic acids is 2. The van der Waals surface area contributed by atoms with Gasteiger partial charge in [0.1, 0.15) is 6.04 Å². The molecule has 1 saturated heterocycles. The number of hydrogen-bond acceptors (Lipinski definition) is 5. The Bertz CT molecular complexity index is 1330. The largest absolute Gasteiger partial charge is 0.372 e. The third-order valence-corrected chi connectivity index (χ3v) is 7.14. The Morgan fingerprint density at radius 1 is 1.14 bits per heavy atom. The number of fused-ring (bicyclic) bond motifs is 3. The quantitative estimate of drug-likeness (QED) is 0.319. The van der Waals surface area contributed by atoms with Crippen molar-refractivity contribution in [2.75, 3.05) is 6.54 Å². The lowest BCUT2D eigenvalue weighted by Crippen LogP contribution is -2.53. The number of halogens is 1. The molecule has 3 aromatic rings. The molecule has 1 fully saturated rings. The van der Waals surface area contributed by atoms with Gasteiger partial charge in [0, 0.05) is 46.6 Å². The third kappa shape index (κ3) is 3.83. The zero-order chi connectivity index (χ0) is 24.7. The number of aromatic nitrogens is 1. The minimum absolute atomic E-state index is 0.233. The lowest BCUT2D eigenvalue weighted by atomic mass is 9.90. The normalized spacial score (nSPS) is 20.4. The highest BCUT2D eigenvalue weighted by Gasteiger charge is 2.53. The van der Waals surface area contributed by atoms with Crippen LogP contribution in [0.3, 0.4) is 0 Å². The molecule has 2 unspecified atom stereocenters. The molecule has 0 radical (unpaired) electrons. The summed E-state index contributed by atoms with van der Waals surface area (Å²) in [5.41, 5.74) is 7.60. The molecule has 1 aromatic heterocycles. The Kier molecular flexibility index (Phi) is 5.96. The number of hydrogen-bond donors (Lipinski definition) is 4. The third-order valence-electron chi connectivity index (χ3n) is 6.91. The fourth-order valence-corrected chi connectivity index (χ4v) is 5.37. The molecule has 2 aromatic carbocycles. The minimum Gasteiger partial charge on any atom is -0.372 e. The topological polar surface area (TPSA) is 120 Å². The van der Waals surface area contributed by atoms with Crippen LogP contribution in [0.25, 0.3) is 11.1 Å². The van der Waals surface area contributed by atoms with E-state index in [1.165, 1.54) is 23.4 Å². The Balaban J connectivity index is 1.42. The fourth-order valence-electron chi connectivity index (χ4n) is 5.17. The van der Waals surface area contributed by atoms with Crippen molar-refractivity contribution in [2.24, 2.45) is 5.73 Å². The number of pyridine rings is 1. The number of rotatable bonds is 5. The summed E-state index contributed by atoms with van der Waals surface area (Å²) in [6.07, 6.45) is 3.97. The van der Waals surface area contributed by atoms with Crippen molar-refractivity contribution in [1.82, 2.24) is 10.2 Å². The Morgan fingerprint density at radius 3 is 2.71 bits per heavy atom. The summed E-state index contributed by atoms with van der Waals surface area (Å²) in [6, 6.07) is 13.2. The molecule has 2 heterocycles. The van der Waals surface area contributed by atoms with E-state index < -0.39 is 17.6 Å². The maximum absolute atomic E-state index is 13.9. The van der Waals surface area contributed by atoms with E-state index in [9.17, 15) is 19.9 Å². The molecule has 0 bridgehead atoms. The van der Waals surface area contributed by atoms with E-state index in [-0.39, 0.29) is 12.5 Å². The standard InChI is InChI=1S/C26H25ClN4O4/c27-18-8-7-16(13-28)17(12-18)14-29-24(32)23-6-3-10-31(23)25(33)26(34)21-5-2-1-4-19(21)20-15-30(35)11-9-22(20)26/h1-2,4-5,7-9,11-12,15,23,34H,3,6,10,13-14,28H2,(H-,29,32,35)/p+1. The minimum atomic E-state index is -1.96. The van der Waals surface area contributed by atoms with Crippen LogP contribution in [0, 0.1) is 0 Å². The molecule has 2 atom stereocenters. The molecular weight excluding hydrogens is 468 g/mol. The summed E-state index contributed by atoms with van der Waals surface area (Å²) in [5.74, 6) is -0.849. The predicted molar refractivity (Wildman–Crippen MR) is 128 cm³/mol. The Labute approximate surface area is 207 Å². The Morgan fingerprint density at radius 2 is 1.91 bits per heavy atom. The molecule has 5 rings (SSSR count). The average molecular weight is 494 g/mol. The highest BCUT2D eigenvalue weighted by molar-refractivity contribution is 6.30. The van der Waals surface area contributed by atoms with Gasteiger partial charge in [-0.25, -0.2) is 0 Å². The monoisotopic (exact) mass is 493 g/mol. The molecule has 1 aliphatic carbocycles. The number of likely N-dealkylation sites (tertiary alicyclic amines) is 1. The summed E-state index contributed by atoms with van der Waals surface area (Å²) in [6.45, 7) is 0.905. The lowest BCUT2D eigenvalue weighted by molar-refractivity contribution is -0.904. The van der Waals surface area contributed by atoms with Crippen molar-refractivity contribution < 1.29 is 24.6 Å². The van der Waals surface area contributed by atoms with E-state index in [0.717, 1.165) is 15.9 Å².